The van der Waals surface area contributed by atoms with E-state index in [0.717, 1.165) is 25.0 Å². The normalized spacial score (nSPS) is 15.8. The summed E-state index contributed by atoms with van der Waals surface area (Å²) in [4.78, 5) is 30.4. The van der Waals surface area contributed by atoms with Gasteiger partial charge in [0, 0.05) is 19.1 Å². The highest BCUT2D eigenvalue weighted by molar-refractivity contribution is 7.11. The van der Waals surface area contributed by atoms with Gasteiger partial charge in [-0.1, -0.05) is 6.92 Å². The van der Waals surface area contributed by atoms with E-state index in [2.05, 4.69) is 10.3 Å². The Morgan fingerprint density at radius 1 is 1.43 bits per heavy atom. The quantitative estimate of drug-likeness (QED) is 0.924. The Balaban J connectivity index is 1.83. The second-order valence-electron chi connectivity index (χ2n) is 4.92. The fraction of sp³-hybridized carbons (Fsp3) is 0.643. The van der Waals surface area contributed by atoms with Crippen LogP contribution in [0.5, 0.6) is 0 Å². The minimum absolute atomic E-state index is 0.0519. The fourth-order valence-corrected chi connectivity index (χ4v) is 3.16. The molecule has 1 aromatic heterocycles. The van der Waals surface area contributed by atoms with Gasteiger partial charge < -0.3 is 15.0 Å². The number of hydrogen-bond acceptors (Lipinski definition) is 5. The van der Waals surface area contributed by atoms with Gasteiger partial charge in [-0.25, -0.2) is 9.78 Å². The summed E-state index contributed by atoms with van der Waals surface area (Å²) < 4.78 is 4.98. The number of carbonyl (C=O) groups is 2. The summed E-state index contributed by atoms with van der Waals surface area (Å²) in [6.07, 6.45) is 2.00. The molecule has 1 N–H and O–H groups in total. The molecule has 0 saturated carbocycles. The van der Waals surface area contributed by atoms with Crippen LogP contribution < -0.4 is 5.32 Å². The number of hydrogen-bond donors (Lipinski definition) is 1. The molecule has 1 saturated heterocycles. The minimum Gasteiger partial charge on any atom is -0.450 e. The van der Waals surface area contributed by atoms with E-state index in [0.29, 0.717) is 24.6 Å². The summed E-state index contributed by atoms with van der Waals surface area (Å²) >= 11 is 1.38. The first kappa shape index (κ1) is 15.8. The number of likely N-dealkylation sites (tertiary alicyclic amines) is 1. The molecule has 0 atom stereocenters. The topological polar surface area (TPSA) is 71.5 Å². The Labute approximate surface area is 128 Å². The number of piperidine rings is 1. The first-order chi connectivity index (χ1) is 10.2. The van der Waals surface area contributed by atoms with Gasteiger partial charge in [-0.05, 0) is 26.2 Å². The molecule has 21 heavy (non-hydrogen) atoms. The summed E-state index contributed by atoms with van der Waals surface area (Å²) in [5.74, 6) is -0.0519. The molecule has 6 nitrogen and oxygen atoms in total. The van der Waals surface area contributed by atoms with Gasteiger partial charge in [0.05, 0.1) is 17.8 Å². The highest BCUT2D eigenvalue weighted by Crippen LogP contribution is 2.16. The number of aryl methyl sites for hydroxylation is 1. The van der Waals surface area contributed by atoms with Gasteiger partial charge in [0.1, 0.15) is 4.88 Å². The highest BCUT2D eigenvalue weighted by atomic mass is 32.1. The van der Waals surface area contributed by atoms with Crippen molar-refractivity contribution in [2.75, 3.05) is 19.7 Å². The lowest BCUT2D eigenvalue weighted by molar-refractivity contribution is 0.0862. The third kappa shape index (κ3) is 3.93. The largest absolute Gasteiger partial charge is 0.450 e. The molecular weight excluding hydrogens is 290 g/mol. The Kier molecular flexibility index (Phi) is 5.55. The molecular formula is C14H21N3O3S. The van der Waals surface area contributed by atoms with Crippen molar-refractivity contribution < 1.29 is 14.3 Å². The Morgan fingerprint density at radius 3 is 2.76 bits per heavy atom. The molecule has 1 fully saturated rings. The van der Waals surface area contributed by atoms with E-state index in [-0.39, 0.29) is 18.0 Å². The van der Waals surface area contributed by atoms with Crippen LogP contribution in [0, 0.1) is 0 Å². The van der Waals surface area contributed by atoms with E-state index in [1.807, 2.05) is 6.92 Å². The van der Waals surface area contributed by atoms with E-state index < -0.39 is 0 Å². The van der Waals surface area contributed by atoms with Crippen LogP contribution >= 0.6 is 11.3 Å². The van der Waals surface area contributed by atoms with Gasteiger partial charge in [0.25, 0.3) is 5.91 Å². The summed E-state index contributed by atoms with van der Waals surface area (Å²) in [6.45, 7) is 5.41. The van der Waals surface area contributed by atoms with Crippen LogP contribution in [0.1, 0.15) is 42.1 Å². The third-order valence-electron chi connectivity index (χ3n) is 3.54. The number of aromatic nitrogens is 1. The lowest BCUT2D eigenvalue weighted by Gasteiger charge is -2.31. The first-order valence-electron chi connectivity index (χ1n) is 7.30. The van der Waals surface area contributed by atoms with Gasteiger partial charge in [0.15, 0.2) is 0 Å². The monoisotopic (exact) mass is 311 g/mol. The van der Waals surface area contributed by atoms with Crippen molar-refractivity contribution >= 4 is 23.3 Å². The summed E-state index contributed by atoms with van der Waals surface area (Å²) in [5.41, 5.74) is 2.55. The Morgan fingerprint density at radius 2 is 2.14 bits per heavy atom. The summed E-state index contributed by atoms with van der Waals surface area (Å²) in [5, 5.41) is 3.04. The van der Waals surface area contributed by atoms with Crippen molar-refractivity contribution in [2.45, 2.75) is 39.2 Å². The SMILES string of the molecule is CCOC(=O)N1CCC(NC(=O)c2scnc2CC)CC1. The molecule has 2 amide bonds. The van der Waals surface area contributed by atoms with Crippen molar-refractivity contribution in [2.24, 2.45) is 0 Å². The molecule has 2 rings (SSSR count). The van der Waals surface area contributed by atoms with E-state index in [4.69, 9.17) is 4.74 Å². The van der Waals surface area contributed by atoms with Crippen LogP contribution in [0.4, 0.5) is 4.79 Å². The Hall–Kier alpha value is -1.63. The number of amides is 2. The maximum atomic E-state index is 12.2. The van der Waals surface area contributed by atoms with Crippen molar-refractivity contribution in [1.29, 1.82) is 0 Å². The molecule has 1 aliphatic rings. The smallest absolute Gasteiger partial charge is 0.409 e. The van der Waals surface area contributed by atoms with E-state index in [1.165, 1.54) is 11.3 Å². The van der Waals surface area contributed by atoms with Gasteiger partial charge in [0.2, 0.25) is 0 Å². The van der Waals surface area contributed by atoms with Crippen LogP contribution in [0.25, 0.3) is 0 Å². The average molecular weight is 311 g/mol. The fourth-order valence-electron chi connectivity index (χ4n) is 2.38. The zero-order chi connectivity index (χ0) is 15.2. The zero-order valence-corrected chi connectivity index (χ0v) is 13.2. The number of nitrogens with zero attached hydrogens (tertiary/aromatic N) is 2. The summed E-state index contributed by atoms with van der Waals surface area (Å²) in [6, 6.07) is 0.106. The number of nitrogens with one attached hydrogen (secondary N) is 1. The lowest BCUT2D eigenvalue weighted by Crippen LogP contribution is -2.46. The van der Waals surface area contributed by atoms with Gasteiger partial charge >= 0.3 is 6.09 Å². The zero-order valence-electron chi connectivity index (χ0n) is 12.4. The molecule has 0 aromatic carbocycles. The second-order valence-corrected chi connectivity index (χ2v) is 5.77. The standard InChI is InChI=1S/C14H21N3O3S/c1-3-11-12(21-9-15-11)13(18)16-10-5-7-17(8-6-10)14(19)20-4-2/h9-10H,3-8H2,1-2H3,(H,16,18). The number of carbonyl (C=O) groups excluding carboxylic acids is 2. The van der Waals surface area contributed by atoms with Gasteiger partial charge in [-0.2, -0.15) is 0 Å². The van der Waals surface area contributed by atoms with Crippen molar-refractivity contribution in [1.82, 2.24) is 15.2 Å². The molecule has 2 heterocycles. The van der Waals surface area contributed by atoms with Gasteiger partial charge in [-0.15, -0.1) is 11.3 Å². The minimum atomic E-state index is -0.266. The lowest BCUT2D eigenvalue weighted by atomic mass is 10.1. The predicted molar refractivity (Wildman–Crippen MR) is 80.6 cm³/mol. The van der Waals surface area contributed by atoms with Crippen LogP contribution in [0.3, 0.4) is 0 Å². The molecule has 1 aromatic rings. The van der Waals surface area contributed by atoms with Crippen LogP contribution in [0.2, 0.25) is 0 Å². The molecule has 116 valence electrons. The van der Waals surface area contributed by atoms with E-state index in [1.54, 1.807) is 17.3 Å². The van der Waals surface area contributed by atoms with Crippen LogP contribution in [-0.4, -0.2) is 47.6 Å². The third-order valence-corrected chi connectivity index (χ3v) is 4.41. The second kappa shape index (κ2) is 7.40. The van der Waals surface area contributed by atoms with E-state index >= 15 is 0 Å². The molecule has 7 heteroatoms. The van der Waals surface area contributed by atoms with Gasteiger partial charge in [-0.3, -0.25) is 4.79 Å². The van der Waals surface area contributed by atoms with Crippen molar-refractivity contribution in [3.05, 3.63) is 16.1 Å². The molecule has 1 aliphatic heterocycles. The Bertz CT molecular complexity index is 495. The van der Waals surface area contributed by atoms with Crippen LogP contribution in [-0.2, 0) is 11.2 Å². The van der Waals surface area contributed by atoms with Crippen molar-refractivity contribution in [3.63, 3.8) is 0 Å². The van der Waals surface area contributed by atoms with Crippen molar-refractivity contribution in [3.8, 4) is 0 Å². The first-order valence-corrected chi connectivity index (χ1v) is 8.18. The molecule has 0 spiro atoms. The van der Waals surface area contributed by atoms with Crippen LogP contribution in [0.15, 0.2) is 5.51 Å². The molecule has 0 bridgehead atoms. The maximum Gasteiger partial charge on any atom is 0.409 e. The predicted octanol–water partition coefficient (Wildman–Crippen LogP) is 2.06. The number of thiazole rings is 1. The number of rotatable bonds is 4. The summed E-state index contributed by atoms with van der Waals surface area (Å²) in [7, 11) is 0. The maximum absolute atomic E-state index is 12.2. The molecule has 0 radical (unpaired) electrons. The highest BCUT2D eigenvalue weighted by Gasteiger charge is 2.25. The molecule has 0 unspecified atom stereocenters. The molecule has 0 aliphatic carbocycles. The average Bonchev–Trinajstić information content (AvgIpc) is 2.97. The number of ether oxygens (including phenoxy) is 1. The van der Waals surface area contributed by atoms with E-state index in [9.17, 15) is 9.59 Å².